The van der Waals surface area contributed by atoms with E-state index in [0.29, 0.717) is 10.7 Å². The lowest BCUT2D eigenvalue weighted by Gasteiger charge is -2.14. The molecule has 1 aromatic heterocycles. The van der Waals surface area contributed by atoms with E-state index in [9.17, 15) is 9.59 Å². The normalized spacial score (nSPS) is 11.8. The van der Waals surface area contributed by atoms with Gasteiger partial charge in [0.2, 0.25) is 0 Å². The number of nitrogens with one attached hydrogen (secondary N) is 2. The van der Waals surface area contributed by atoms with Crippen molar-refractivity contribution in [2.75, 3.05) is 19.0 Å². The van der Waals surface area contributed by atoms with E-state index in [1.807, 2.05) is 19.1 Å². The van der Waals surface area contributed by atoms with Crippen LogP contribution >= 0.6 is 22.9 Å². The fourth-order valence-electron chi connectivity index (χ4n) is 1.95. The van der Waals surface area contributed by atoms with E-state index in [1.165, 1.54) is 0 Å². The van der Waals surface area contributed by atoms with Crippen molar-refractivity contribution in [2.24, 2.45) is 0 Å². The summed E-state index contributed by atoms with van der Waals surface area (Å²) in [5, 5.41) is 5.55. The van der Waals surface area contributed by atoms with Crippen LogP contribution in [0.2, 0.25) is 5.02 Å². The lowest BCUT2D eigenvalue weighted by molar-refractivity contribution is -0.136. The quantitative estimate of drug-likeness (QED) is 0.812. The van der Waals surface area contributed by atoms with Crippen LogP contribution < -0.4 is 10.6 Å². The van der Waals surface area contributed by atoms with Gasteiger partial charge in [-0.05, 0) is 37.3 Å². The standard InChI is InChI=1S/C16H17ClN2O3S/c1-10-6-7-14(23-10)13(22-2)9-18-15(20)16(21)19-12-5-3-4-11(17)8-12/h3-8,13H,9H2,1-2H3,(H,18,20)(H,19,21). The van der Waals surface area contributed by atoms with Crippen molar-refractivity contribution in [3.63, 3.8) is 0 Å². The Labute approximate surface area is 143 Å². The largest absolute Gasteiger partial charge is 0.374 e. The van der Waals surface area contributed by atoms with Crippen molar-refractivity contribution in [2.45, 2.75) is 13.0 Å². The molecular weight excluding hydrogens is 336 g/mol. The molecule has 0 saturated heterocycles. The lowest BCUT2D eigenvalue weighted by Crippen LogP contribution is -2.37. The monoisotopic (exact) mass is 352 g/mol. The van der Waals surface area contributed by atoms with Crippen molar-refractivity contribution >= 4 is 40.4 Å². The molecule has 1 atom stereocenters. The van der Waals surface area contributed by atoms with Gasteiger partial charge in [0.15, 0.2) is 0 Å². The Morgan fingerprint density at radius 3 is 2.65 bits per heavy atom. The Morgan fingerprint density at radius 1 is 1.26 bits per heavy atom. The summed E-state index contributed by atoms with van der Waals surface area (Å²) < 4.78 is 5.36. The number of thiophene rings is 1. The molecule has 1 aromatic carbocycles. The minimum Gasteiger partial charge on any atom is -0.374 e. The van der Waals surface area contributed by atoms with E-state index in [1.54, 1.807) is 42.7 Å². The predicted molar refractivity (Wildman–Crippen MR) is 91.9 cm³/mol. The van der Waals surface area contributed by atoms with Crippen LogP contribution in [0.15, 0.2) is 36.4 Å². The first kappa shape index (κ1) is 17.5. The number of ether oxygens (including phenoxy) is 1. The second kappa shape index (κ2) is 8.10. The fraction of sp³-hybridized carbons (Fsp3) is 0.250. The zero-order valence-electron chi connectivity index (χ0n) is 12.8. The lowest BCUT2D eigenvalue weighted by atomic mass is 10.2. The van der Waals surface area contributed by atoms with Gasteiger partial charge in [0, 0.05) is 34.1 Å². The van der Waals surface area contributed by atoms with E-state index in [0.717, 1.165) is 9.75 Å². The molecule has 5 nitrogen and oxygen atoms in total. The number of carbonyl (C=O) groups excluding carboxylic acids is 2. The molecule has 1 heterocycles. The third kappa shape index (κ3) is 5.06. The van der Waals surface area contributed by atoms with Crippen molar-refractivity contribution < 1.29 is 14.3 Å². The second-order valence-corrected chi connectivity index (χ2v) is 6.60. The van der Waals surface area contributed by atoms with Crippen LogP contribution in [0.1, 0.15) is 15.9 Å². The van der Waals surface area contributed by atoms with Crippen LogP contribution in [0.4, 0.5) is 5.69 Å². The molecule has 7 heteroatoms. The Balaban J connectivity index is 1.89. The van der Waals surface area contributed by atoms with Gasteiger partial charge in [-0.2, -0.15) is 0 Å². The maximum Gasteiger partial charge on any atom is 0.313 e. The summed E-state index contributed by atoms with van der Waals surface area (Å²) in [5.74, 6) is -1.47. The van der Waals surface area contributed by atoms with Crippen molar-refractivity contribution in [1.82, 2.24) is 5.32 Å². The van der Waals surface area contributed by atoms with Gasteiger partial charge in [-0.15, -0.1) is 11.3 Å². The van der Waals surface area contributed by atoms with E-state index in [-0.39, 0.29) is 12.6 Å². The maximum atomic E-state index is 11.9. The highest BCUT2D eigenvalue weighted by atomic mass is 35.5. The summed E-state index contributed by atoms with van der Waals surface area (Å²) >= 11 is 7.43. The van der Waals surface area contributed by atoms with Crippen LogP contribution in [0.3, 0.4) is 0 Å². The molecule has 0 saturated carbocycles. The third-order valence-electron chi connectivity index (χ3n) is 3.10. The zero-order chi connectivity index (χ0) is 16.8. The molecule has 0 aliphatic heterocycles. The SMILES string of the molecule is COC(CNC(=O)C(=O)Nc1cccc(Cl)c1)c1ccc(C)s1. The number of benzene rings is 1. The highest BCUT2D eigenvalue weighted by Gasteiger charge is 2.18. The molecule has 2 rings (SSSR count). The van der Waals surface area contributed by atoms with Gasteiger partial charge < -0.3 is 15.4 Å². The molecule has 0 fully saturated rings. The van der Waals surface area contributed by atoms with Crippen LogP contribution in [-0.2, 0) is 14.3 Å². The number of rotatable bonds is 5. The fourth-order valence-corrected chi connectivity index (χ4v) is 3.09. The first-order chi connectivity index (χ1) is 11.0. The minimum atomic E-state index is -0.746. The molecule has 0 spiro atoms. The van der Waals surface area contributed by atoms with Gasteiger partial charge in [0.25, 0.3) is 0 Å². The summed E-state index contributed by atoms with van der Waals surface area (Å²) in [6, 6.07) is 10.5. The number of methoxy groups -OCH3 is 1. The van der Waals surface area contributed by atoms with Gasteiger partial charge in [0.05, 0.1) is 0 Å². The molecule has 1 unspecified atom stereocenters. The summed E-state index contributed by atoms with van der Waals surface area (Å²) in [6.45, 7) is 2.22. The van der Waals surface area contributed by atoms with Crippen molar-refractivity contribution in [3.8, 4) is 0 Å². The highest BCUT2D eigenvalue weighted by molar-refractivity contribution is 7.12. The summed E-state index contributed by atoms with van der Waals surface area (Å²) in [6.07, 6.45) is -0.281. The number of anilines is 1. The Hall–Kier alpha value is -1.89. The number of halogens is 1. The number of carbonyl (C=O) groups is 2. The van der Waals surface area contributed by atoms with Gasteiger partial charge in [-0.25, -0.2) is 0 Å². The molecular formula is C16H17ClN2O3S. The Morgan fingerprint density at radius 2 is 2.04 bits per heavy atom. The first-order valence-electron chi connectivity index (χ1n) is 6.93. The highest BCUT2D eigenvalue weighted by Crippen LogP contribution is 2.24. The average Bonchev–Trinajstić information content (AvgIpc) is 2.94. The van der Waals surface area contributed by atoms with E-state index < -0.39 is 11.8 Å². The Bertz CT molecular complexity index is 702. The average molecular weight is 353 g/mol. The minimum absolute atomic E-state index is 0.220. The molecule has 0 bridgehead atoms. The van der Waals surface area contributed by atoms with Crippen LogP contribution in [-0.4, -0.2) is 25.5 Å². The third-order valence-corrected chi connectivity index (χ3v) is 4.43. The van der Waals surface area contributed by atoms with Crippen LogP contribution in [0.25, 0.3) is 0 Å². The number of aryl methyl sites for hydroxylation is 1. The number of hydrogen-bond acceptors (Lipinski definition) is 4. The summed E-state index contributed by atoms with van der Waals surface area (Å²) in [7, 11) is 1.57. The molecule has 2 aromatic rings. The van der Waals surface area contributed by atoms with E-state index >= 15 is 0 Å². The van der Waals surface area contributed by atoms with E-state index in [4.69, 9.17) is 16.3 Å². The topological polar surface area (TPSA) is 67.4 Å². The second-order valence-electron chi connectivity index (χ2n) is 4.85. The van der Waals surface area contributed by atoms with Crippen LogP contribution in [0, 0.1) is 6.92 Å². The predicted octanol–water partition coefficient (Wildman–Crippen LogP) is 3.15. The van der Waals surface area contributed by atoms with Gasteiger partial charge >= 0.3 is 11.8 Å². The summed E-state index contributed by atoms with van der Waals surface area (Å²) in [5.41, 5.74) is 0.467. The molecule has 0 radical (unpaired) electrons. The number of amides is 2. The first-order valence-corrected chi connectivity index (χ1v) is 8.13. The molecule has 122 valence electrons. The van der Waals surface area contributed by atoms with Gasteiger partial charge in [-0.1, -0.05) is 17.7 Å². The van der Waals surface area contributed by atoms with Crippen molar-refractivity contribution in [3.05, 3.63) is 51.2 Å². The van der Waals surface area contributed by atoms with E-state index in [2.05, 4.69) is 10.6 Å². The van der Waals surface area contributed by atoms with Crippen LogP contribution in [0.5, 0.6) is 0 Å². The molecule has 23 heavy (non-hydrogen) atoms. The number of hydrogen-bond donors (Lipinski definition) is 2. The smallest absolute Gasteiger partial charge is 0.313 e. The molecule has 2 amide bonds. The van der Waals surface area contributed by atoms with Crippen molar-refractivity contribution in [1.29, 1.82) is 0 Å². The van der Waals surface area contributed by atoms with Gasteiger partial charge in [-0.3, -0.25) is 9.59 Å². The van der Waals surface area contributed by atoms with Gasteiger partial charge in [0.1, 0.15) is 6.10 Å². The zero-order valence-corrected chi connectivity index (χ0v) is 14.3. The maximum absolute atomic E-state index is 11.9. The molecule has 0 aliphatic rings. The summed E-state index contributed by atoms with van der Waals surface area (Å²) in [4.78, 5) is 25.9. The molecule has 2 N–H and O–H groups in total. The molecule has 0 aliphatic carbocycles. The Kier molecular flexibility index (Phi) is 6.15.